The molecule has 7 heteroatoms. The van der Waals surface area contributed by atoms with Crippen LogP contribution in [0.25, 0.3) is 0 Å². The summed E-state index contributed by atoms with van der Waals surface area (Å²) in [5.41, 5.74) is -1.08. The van der Waals surface area contributed by atoms with Gasteiger partial charge in [0.15, 0.2) is 12.3 Å². The van der Waals surface area contributed by atoms with E-state index in [1.54, 1.807) is 6.92 Å². The second kappa shape index (κ2) is 6.31. The molecule has 23 heavy (non-hydrogen) atoms. The number of hydrogen-bond acceptors (Lipinski definition) is 5. The molecule has 0 radical (unpaired) electrons. The maximum atomic E-state index is 12.2. The lowest BCUT2D eigenvalue weighted by atomic mass is 9.83. The molecule has 128 valence electrons. The van der Waals surface area contributed by atoms with Crippen LogP contribution >= 0.6 is 0 Å². The smallest absolute Gasteiger partial charge is 0.330 e. The van der Waals surface area contributed by atoms with Crippen molar-refractivity contribution in [2.75, 3.05) is 0 Å². The second-order valence-corrected chi connectivity index (χ2v) is 6.12. The number of rotatable bonds is 4. The molecule has 2 heterocycles. The zero-order valence-corrected chi connectivity index (χ0v) is 14.2. The van der Waals surface area contributed by atoms with Crippen LogP contribution < -0.4 is 11.2 Å². The first-order valence-corrected chi connectivity index (χ1v) is 7.92. The van der Waals surface area contributed by atoms with Crippen molar-refractivity contribution in [1.29, 1.82) is 0 Å². The number of carbonyl (C=O) groups is 1. The Kier molecular flexibility index (Phi) is 4.79. The summed E-state index contributed by atoms with van der Waals surface area (Å²) < 4.78 is 13.0. The van der Waals surface area contributed by atoms with Gasteiger partial charge in [0, 0.05) is 24.6 Å². The highest BCUT2D eigenvalue weighted by Gasteiger charge is 2.53. The molecule has 2 rings (SSSR count). The van der Waals surface area contributed by atoms with Crippen molar-refractivity contribution in [3.63, 3.8) is 0 Å². The summed E-state index contributed by atoms with van der Waals surface area (Å²) >= 11 is 0. The monoisotopic (exact) mass is 324 g/mol. The molecule has 0 spiro atoms. The minimum absolute atomic E-state index is 0.0782. The lowest BCUT2D eigenvalue weighted by Gasteiger charge is -2.30. The van der Waals surface area contributed by atoms with Gasteiger partial charge in [0.05, 0.1) is 5.60 Å². The summed E-state index contributed by atoms with van der Waals surface area (Å²) in [5.74, 6) is -0.502. The van der Waals surface area contributed by atoms with E-state index >= 15 is 0 Å². The molecule has 1 N–H and O–H groups in total. The molecular formula is C16H24N2O5. The Morgan fingerprint density at radius 2 is 2.00 bits per heavy atom. The number of hydrogen-bond donors (Lipinski definition) is 1. The van der Waals surface area contributed by atoms with E-state index in [-0.39, 0.29) is 5.92 Å². The number of aromatic nitrogens is 2. The zero-order chi connectivity index (χ0) is 17.4. The largest absolute Gasteiger partial charge is 0.457 e. The Hall–Kier alpha value is -1.89. The van der Waals surface area contributed by atoms with Crippen LogP contribution in [0.15, 0.2) is 15.8 Å². The summed E-state index contributed by atoms with van der Waals surface area (Å²) in [5, 5.41) is 0. The molecule has 1 saturated heterocycles. The summed E-state index contributed by atoms with van der Waals surface area (Å²) in [6, 6.07) is 0. The van der Waals surface area contributed by atoms with E-state index in [4.69, 9.17) is 9.47 Å². The molecule has 0 saturated carbocycles. The third kappa shape index (κ3) is 2.97. The Bertz CT molecular complexity index is 701. The molecule has 1 aromatic rings. The van der Waals surface area contributed by atoms with Gasteiger partial charge in [0.1, 0.15) is 0 Å². The van der Waals surface area contributed by atoms with Gasteiger partial charge in [-0.1, -0.05) is 20.8 Å². The molecule has 7 nitrogen and oxygen atoms in total. The van der Waals surface area contributed by atoms with Crippen LogP contribution in [0.1, 0.15) is 52.3 Å². The number of esters is 1. The molecule has 0 unspecified atom stereocenters. The van der Waals surface area contributed by atoms with Crippen molar-refractivity contribution >= 4 is 5.97 Å². The van der Waals surface area contributed by atoms with Gasteiger partial charge in [0.2, 0.25) is 0 Å². The molecule has 1 aliphatic heterocycles. The standard InChI is InChI=1S/C16H24N2O5/c1-6-16(7-2)10(4)12(22-11(5)19)14(23-16)18-8-9(3)13(20)17-15(18)21/h8,10,12,14H,6-7H2,1-5H3,(H,17,20,21)/t10-,12+,14+/m0/s1. The van der Waals surface area contributed by atoms with Crippen molar-refractivity contribution in [1.82, 2.24) is 9.55 Å². The van der Waals surface area contributed by atoms with E-state index in [0.29, 0.717) is 5.56 Å². The van der Waals surface area contributed by atoms with E-state index < -0.39 is 35.2 Å². The van der Waals surface area contributed by atoms with Crippen LogP contribution in [-0.4, -0.2) is 27.2 Å². The van der Waals surface area contributed by atoms with E-state index in [9.17, 15) is 14.4 Å². The maximum Gasteiger partial charge on any atom is 0.330 e. The van der Waals surface area contributed by atoms with E-state index in [0.717, 1.165) is 12.8 Å². The first kappa shape index (κ1) is 17.5. The van der Waals surface area contributed by atoms with E-state index in [2.05, 4.69) is 4.98 Å². The highest BCUT2D eigenvalue weighted by Crippen LogP contribution is 2.46. The maximum absolute atomic E-state index is 12.2. The van der Waals surface area contributed by atoms with E-state index in [1.807, 2.05) is 20.8 Å². The summed E-state index contributed by atoms with van der Waals surface area (Å²) in [7, 11) is 0. The minimum Gasteiger partial charge on any atom is -0.457 e. The van der Waals surface area contributed by atoms with Gasteiger partial charge in [-0.3, -0.25) is 19.1 Å². The molecular weight excluding hydrogens is 300 g/mol. The van der Waals surface area contributed by atoms with Gasteiger partial charge in [-0.25, -0.2) is 4.79 Å². The van der Waals surface area contributed by atoms with Crippen molar-refractivity contribution < 1.29 is 14.3 Å². The van der Waals surface area contributed by atoms with Crippen molar-refractivity contribution in [3.05, 3.63) is 32.6 Å². The van der Waals surface area contributed by atoms with Crippen molar-refractivity contribution in [3.8, 4) is 0 Å². The lowest BCUT2D eigenvalue weighted by Crippen LogP contribution is -2.38. The number of ether oxygens (including phenoxy) is 2. The number of H-pyrrole nitrogens is 1. The van der Waals surface area contributed by atoms with Crippen LogP contribution in [-0.2, 0) is 14.3 Å². The molecule has 0 aliphatic carbocycles. The predicted molar refractivity (Wildman–Crippen MR) is 84.2 cm³/mol. The summed E-state index contributed by atoms with van der Waals surface area (Å²) in [6.45, 7) is 8.93. The van der Waals surface area contributed by atoms with E-state index in [1.165, 1.54) is 17.7 Å². The van der Waals surface area contributed by atoms with Gasteiger partial charge < -0.3 is 9.47 Å². The first-order valence-electron chi connectivity index (χ1n) is 7.92. The van der Waals surface area contributed by atoms with Crippen LogP contribution in [0.4, 0.5) is 0 Å². The average molecular weight is 324 g/mol. The molecule has 0 aromatic carbocycles. The number of nitrogens with one attached hydrogen (secondary N) is 1. The lowest BCUT2D eigenvalue weighted by molar-refractivity contribution is -0.154. The highest BCUT2D eigenvalue weighted by molar-refractivity contribution is 5.66. The highest BCUT2D eigenvalue weighted by atomic mass is 16.6. The van der Waals surface area contributed by atoms with Crippen LogP contribution in [0.3, 0.4) is 0 Å². The molecule has 1 fully saturated rings. The molecule has 1 aliphatic rings. The first-order chi connectivity index (χ1) is 10.8. The normalized spacial score (nSPS) is 26.2. The van der Waals surface area contributed by atoms with Gasteiger partial charge in [-0.05, 0) is 19.8 Å². The topological polar surface area (TPSA) is 90.4 Å². The second-order valence-electron chi connectivity index (χ2n) is 6.12. The Balaban J connectivity index is 2.54. The molecule has 0 bridgehead atoms. The van der Waals surface area contributed by atoms with Crippen molar-refractivity contribution in [2.45, 2.75) is 65.4 Å². The zero-order valence-electron chi connectivity index (χ0n) is 14.2. The van der Waals surface area contributed by atoms with Gasteiger partial charge >= 0.3 is 11.7 Å². The number of aryl methyl sites for hydroxylation is 1. The Labute approximate surface area is 134 Å². The van der Waals surface area contributed by atoms with Gasteiger partial charge in [-0.2, -0.15) is 0 Å². The van der Waals surface area contributed by atoms with Crippen LogP contribution in [0.5, 0.6) is 0 Å². The summed E-state index contributed by atoms with van der Waals surface area (Å²) in [4.78, 5) is 37.5. The number of nitrogens with zero attached hydrogens (tertiary/aromatic N) is 1. The fraction of sp³-hybridized carbons (Fsp3) is 0.688. The fourth-order valence-electron chi connectivity index (χ4n) is 3.36. The third-order valence-corrected chi connectivity index (χ3v) is 4.88. The van der Waals surface area contributed by atoms with Gasteiger partial charge in [-0.15, -0.1) is 0 Å². The predicted octanol–water partition coefficient (Wildman–Crippen LogP) is 1.50. The third-order valence-electron chi connectivity index (χ3n) is 4.88. The quantitative estimate of drug-likeness (QED) is 0.848. The van der Waals surface area contributed by atoms with Crippen LogP contribution in [0, 0.1) is 12.8 Å². The Morgan fingerprint density at radius 3 is 2.52 bits per heavy atom. The average Bonchev–Trinajstić information content (AvgIpc) is 2.76. The molecule has 1 aromatic heterocycles. The number of aromatic amines is 1. The minimum atomic E-state index is -0.753. The SMILES string of the molecule is CCC1(CC)O[C@@H](n2cc(C)c(=O)[nH]c2=O)[C@H](OC(C)=O)[C@@H]1C. The van der Waals surface area contributed by atoms with Crippen molar-refractivity contribution in [2.24, 2.45) is 5.92 Å². The molecule has 0 amide bonds. The Morgan fingerprint density at radius 1 is 1.39 bits per heavy atom. The van der Waals surface area contributed by atoms with Gasteiger partial charge in [0.25, 0.3) is 5.56 Å². The molecule has 3 atom stereocenters. The fourth-order valence-corrected chi connectivity index (χ4v) is 3.36. The van der Waals surface area contributed by atoms with Crippen LogP contribution in [0.2, 0.25) is 0 Å². The summed E-state index contributed by atoms with van der Waals surface area (Å²) in [6.07, 6.45) is 1.58. The number of carbonyl (C=O) groups excluding carboxylic acids is 1.